The number of fused-ring (bicyclic) bond motifs is 1. The molecule has 1 N–H and O–H groups in total. The monoisotopic (exact) mass is 421 g/mol. The number of nitrogens with zero attached hydrogens (tertiary/aromatic N) is 2. The Morgan fingerprint density at radius 1 is 0.906 bits per heavy atom. The summed E-state index contributed by atoms with van der Waals surface area (Å²) in [6.45, 7) is 0.392. The van der Waals surface area contributed by atoms with Gasteiger partial charge in [0.15, 0.2) is 0 Å². The highest BCUT2D eigenvalue weighted by Crippen LogP contribution is 2.27. The lowest BCUT2D eigenvalue weighted by Crippen LogP contribution is -2.33. The first-order valence-corrected chi connectivity index (χ1v) is 10.6. The molecule has 0 radical (unpaired) electrons. The van der Waals surface area contributed by atoms with Crippen molar-refractivity contribution in [3.8, 4) is 6.07 Å². The molecule has 0 aliphatic heterocycles. The normalized spacial score (nSPS) is 10.8. The maximum Gasteiger partial charge on any atom is 0.252 e. The smallest absolute Gasteiger partial charge is 0.252 e. The fourth-order valence-electron chi connectivity index (χ4n) is 4.04. The number of amides is 1. The van der Waals surface area contributed by atoms with Gasteiger partial charge in [-0.15, -0.1) is 0 Å². The summed E-state index contributed by atoms with van der Waals surface area (Å²) in [5, 5.41) is 12.9. The second-order valence-electron chi connectivity index (χ2n) is 7.62. The van der Waals surface area contributed by atoms with Gasteiger partial charge in [-0.1, -0.05) is 78.9 Å². The van der Waals surface area contributed by atoms with Crippen molar-refractivity contribution in [2.24, 2.45) is 0 Å². The van der Waals surface area contributed by atoms with Crippen LogP contribution >= 0.6 is 0 Å². The van der Waals surface area contributed by atoms with Crippen molar-refractivity contribution in [3.05, 3.63) is 118 Å². The summed E-state index contributed by atoms with van der Waals surface area (Å²) < 4.78 is 1.41. The fourth-order valence-corrected chi connectivity index (χ4v) is 4.04. The molecule has 1 aromatic heterocycles. The van der Waals surface area contributed by atoms with E-state index in [4.69, 9.17) is 0 Å². The number of rotatable bonds is 7. The summed E-state index contributed by atoms with van der Waals surface area (Å²) in [5.74, 6) is -0.0713. The van der Waals surface area contributed by atoms with Crippen molar-refractivity contribution in [2.75, 3.05) is 6.54 Å². The molecule has 0 saturated carbocycles. The van der Waals surface area contributed by atoms with Gasteiger partial charge in [-0.05, 0) is 23.6 Å². The number of hydrogen-bond acceptors (Lipinski definition) is 3. The molecule has 0 bridgehead atoms. The number of nitrogens with one attached hydrogen (secondary N) is 1. The van der Waals surface area contributed by atoms with E-state index in [9.17, 15) is 14.9 Å². The summed E-state index contributed by atoms with van der Waals surface area (Å²) in [4.78, 5) is 25.2. The van der Waals surface area contributed by atoms with E-state index in [1.807, 2.05) is 42.5 Å². The molecule has 0 aliphatic carbocycles. The van der Waals surface area contributed by atoms with E-state index >= 15 is 0 Å². The summed E-state index contributed by atoms with van der Waals surface area (Å²) in [6.07, 6.45) is 0.739. The van der Waals surface area contributed by atoms with Crippen LogP contribution in [0.15, 0.2) is 95.8 Å². The average molecular weight is 422 g/mol. The number of hydrogen-bond donors (Lipinski definition) is 1. The lowest BCUT2D eigenvalue weighted by atomic mass is 9.88. The minimum absolute atomic E-state index is 0.0909. The Kier molecular flexibility index (Phi) is 6.43. The molecular weight excluding hydrogens is 398 g/mol. The van der Waals surface area contributed by atoms with Gasteiger partial charge >= 0.3 is 0 Å². The SMILES string of the molecule is N#Cc1cc(=O)n(CC(=O)NCCC(c2ccccc2)c2ccccc2)c2ccccc12. The Morgan fingerprint density at radius 2 is 1.50 bits per heavy atom. The van der Waals surface area contributed by atoms with Crippen LogP contribution in [-0.2, 0) is 11.3 Å². The molecule has 4 rings (SSSR count). The lowest BCUT2D eigenvalue weighted by Gasteiger charge is -2.19. The molecule has 32 heavy (non-hydrogen) atoms. The highest BCUT2D eigenvalue weighted by molar-refractivity contribution is 5.86. The van der Waals surface area contributed by atoms with Crippen LogP contribution in [0.4, 0.5) is 0 Å². The lowest BCUT2D eigenvalue weighted by molar-refractivity contribution is -0.121. The van der Waals surface area contributed by atoms with Gasteiger partial charge in [0.25, 0.3) is 5.56 Å². The van der Waals surface area contributed by atoms with Gasteiger partial charge in [0.05, 0.1) is 11.1 Å². The summed E-state index contributed by atoms with van der Waals surface area (Å²) in [7, 11) is 0. The molecule has 1 heterocycles. The van der Waals surface area contributed by atoms with Gasteiger partial charge in [-0.25, -0.2) is 0 Å². The summed E-state index contributed by atoms with van der Waals surface area (Å²) >= 11 is 0. The molecule has 0 saturated heterocycles. The predicted molar refractivity (Wildman–Crippen MR) is 125 cm³/mol. The van der Waals surface area contributed by atoms with Crippen LogP contribution in [-0.4, -0.2) is 17.0 Å². The molecule has 5 heteroatoms. The molecule has 4 aromatic rings. The molecule has 0 spiro atoms. The molecule has 0 unspecified atom stereocenters. The Bertz CT molecular complexity index is 1280. The van der Waals surface area contributed by atoms with Gasteiger partial charge in [-0.3, -0.25) is 14.2 Å². The Hall–Kier alpha value is -4.17. The third-order valence-corrected chi connectivity index (χ3v) is 5.60. The van der Waals surface area contributed by atoms with E-state index in [0.717, 1.165) is 6.42 Å². The summed E-state index contributed by atoms with van der Waals surface area (Å²) in [6, 6.07) is 31.0. The highest BCUT2D eigenvalue weighted by atomic mass is 16.2. The van der Waals surface area contributed by atoms with Crippen LogP contribution < -0.4 is 10.9 Å². The second-order valence-corrected chi connectivity index (χ2v) is 7.62. The largest absolute Gasteiger partial charge is 0.355 e. The third-order valence-electron chi connectivity index (χ3n) is 5.60. The molecule has 0 fully saturated rings. The number of benzene rings is 3. The first-order chi connectivity index (χ1) is 15.7. The number of nitriles is 1. The summed E-state index contributed by atoms with van der Waals surface area (Å²) in [5.41, 5.74) is 2.93. The number of pyridine rings is 1. The number of carbonyl (C=O) groups excluding carboxylic acids is 1. The maximum atomic E-state index is 12.7. The van der Waals surface area contributed by atoms with Crippen molar-refractivity contribution in [2.45, 2.75) is 18.9 Å². The highest BCUT2D eigenvalue weighted by Gasteiger charge is 2.15. The van der Waals surface area contributed by atoms with E-state index in [1.165, 1.54) is 21.8 Å². The Labute approximate surface area is 186 Å². The van der Waals surface area contributed by atoms with E-state index in [0.29, 0.717) is 23.0 Å². The van der Waals surface area contributed by atoms with Crippen molar-refractivity contribution >= 4 is 16.8 Å². The predicted octanol–water partition coefficient (Wildman–Crippen LogP) is 4.21. The molecule has 1 amide bonds. The maximum absolute atomic E-state index is 12.7. The molecule has 0 atom stereocenters. The van der Waals surface area contributed by atoms with Crippen LogP contribution in [0.1, 0.15) is 29.0 Å². The van der Waals surface area contributed by atoms with Gasteiger partial charge in [0.2, 0.25) is 5.91 Å². The third kappa shape index (κ3) is 4.60. The number of para-hydroxylation sites is 1. The van der Waals surface area contributed by atoms with Gasteiger partial charge in [0, 0.05) is 23.9 Å². The molecule has 5 nitrogen and oxygen atoms in total. The van der Waals surface area contributed by atoms with Gasteiger partial charge in [-0.2, -0.15) is 5.26 Å². The standard InChI is InChI=1S/C27H23N3O2/c28-18-22-17-27(32)30(25-14-8-7-13-24(22)25)19-26(31)29-16-15-23(20-9-3-1-4-10-20)21-11-5-2-6-12-21/h1-14,17,23H,15-16,19H2,(H,29,31). The number of carbonyl (C=O) groups is 1. The second kappa shape index (κ2) is 9.76. The minimum atomic E-state index is -0.359. The molecule has 158 valence electrons. The van der Waals surface area contributed by atoms with E-state index in [2.05, 4.69) is 35.7 Å². The van der Waals surface area contributed by atoms with Crippen molar-refractivity contribution < 1.29 is 4.79 Å². The van der Waals surface area contributed by atoms with E-state index in [1.54, 1.807) is 18.2 Å². The quantitative estimate of drug-likeness (QED) is 0.486. The van der Waals surface area contributed by atoms with Crippen LogP contribution in [0.2, 0.25) is 0 Å². The first-order valence-electron chi connectivity index (χ1n) is 10.6. The van der Waals surface area contributed by atoms with Gasteiger partial charge < -0.3 is 5.32 Å². The minimum Gasteiger partial charge on any atom is -0.355 e. The van der Waals surface area contributed by atoms with Crippen molar-refractivity contribution in [1.29, 1.82) is 5.26 Å². The Balaban J connectivity index is 1.48. The number of aromatic nitrogens is 1. The van der Waals surface area contributed by atoms with Crippen LogP contribution in [0.25, 0.3) is 10.9 Å². The topological polar surface area (TPSA) is 74.9 Å². The fraction of sp³-hybridized carbons (Fsp3) is 0.148. The van der Waals surface area contributed by atoms with Crippen LogP contribution in [0.3, 0.4) is 0 Å². The molecule has 0 aliphatic rings. The molecular formula is C27H23N3O2. The Morgan fingerprint density at radius 3 is 2.12 bits per heavy atom. The first kappa shape index (κ1) is 21.1. The zero-order valence-electron chi connectivity index (χ0n) is 17.6. The van der Waals surface area contributed by atoms with Crippen LogP contribution in [0, 0.1) is 11.3 Å². The van der Waals surface area contributed by atoms with Crippen molar-refractivity contribution in [3.63, 3.8) is 0 Å². The zero-order chi connectivity index (χ0) is 22.3. The van der Waals surface area contributed by atoms with Crippen LogP contribution in [0.5, 0.6) is 0 Å². The molecule has 3 aromatic carbocycles. The average Bonchev–Trinajstić information content (AvgIpc) is 2.84. The van der Waals surface area contributed by atoms with E-state index in [-0.39, 0.29) is 23.9 Å². The zero-order valence-corrected chi connectivity index (χ0v) is 17.6. The van der Waals surface area contributed by atoms with Gasteiger partial charge in [0.1, 0.15) is 12.6 Å². The van der Waals surface area contributed by atoms with E-state index < -0.39 is 0 Å². The van der Waals surface area contributed by atoms with Crippen molar-refractivity contribution in [1.82, 2.24) is 9.88 Å².